The number of nitrogens with zero attached hydrogens (tertiary/aromatic N) is 3. The van der Waals surface area contributed by atoms with Crippen LogP contribution in [-0.4, -0.2) is 27.8 Å². The highest BCUT2D eigenvalue weighted by molar-refractivity contribution is 7.15. The van der Waals surface area contributed by atoms with Gasteiger partial charge in [0, 0.05) is 24.0 Å². The standard InChI is InChI=1S/C11H15N5OS2/c1-3-8-15-16-11(19-8)14-10(17)13-6-7(2)9-12-4-5-18-9/h4-5,7H,3,6H2,1-2H3,(H2,13,14,16,17)/t7-/m1/s1. The quantitative estimate of drug-likeness (QED) is 0.888. The molecule has 1 atom stereocenters. The van der Waals surface area contributed by atoms with Crippen LogP contribution in [-0.2, 0) is 6.42 Å². The van der Waals surface area contributed by atoms with Crippen molar-refractivity contribution in [1.29, 1.82) is 0 Å². The first-order valence-electron chi connectivity index (χ1n) is 5.95. The number of urea groups is 1. The SMILES string of the molecule is CCc1nnc(NC(=O)NC[C@@H](C)c2nccs2)s1. The molecule has 8 heteroatoms. The molecule has 0 unspecified atom stereocenters. The summed E-state index contributed by atoms with van der Waals surface area (Å²) < 4.78 is 0. The van der Waals surface area contributed by atoms with Gasteiger partial charge in [0.05, 0.1) is 5.01 Å². The van der Waals surface area contributed by atoms with Gasteiger partial charge in [0.15, 0.2) is 0 Å². The van der Waals surface area contributed by atoms with Crippen molar-refractivity contribution in [1.82, 2.24) is 20.5 Å². The maximum absolute atomic E-state index is 11.7. The fourth-order valence-corrected chi connectivity index (χ4v) is 2.77. The lowest BCUT2D eigenvalue weighted by Crippen LogP contribution is -2.31. The second-order valence-corrected chi connectivity index (χ2v) is 5.95. The average Bonchev–Trinajstić information content (AvgIpc) is 3.06. The highest BCUT2D eigenvalue weighted by atomic mass is 32.1. The Morgan fingerprint density at radius 3 is 2.95 bits per heavy atom. The van der Waals surface area contributed by atoms with Gasteiger partial charge >= 0.3 is 6.03 Å². The molecule has 0 fully saturated rings. The van der Waals surface area contributed by atoms with E-state index in [-0.39, 0.29) is 11.9 Å². The van der Waals surface area contributed by atoms with Crippen LogP contribution >= 0.6 is 22.7 Å². The summed E-state index contributed by atoms with van der Waals surface area (Å²) >= 11 is 2.98. The number of aryl methyl sites for hydroxylation is 1. The van der Waals surface area contributed by atoms with Gasteiger partial charge in [-0.2, -0.15) is 0 Å². The highest BCUT2D eigenvalue weighted by Gasteiger charge is 2.11. The fraction of sp³-hybridized carbons (Fsp3) is 0.455. The van der Waals surface area contributed by atoms with E-state index < -0.39 is 0 Å². The molecule has 0 aliphatic heterocycles. The van der Waals surface area contributed by atoms with E-state index in [4.69, 9.17) is 0 Å². The summed E-state index contributed by atoms with van der Waals surface area (Å²) in [7, 11) is 0. The number of hydrogen-bond acceptors (Lipinski definition) is 6. The van der Waals surface area contributed by atoms with Gasteiger partial charge in [-0.05, 0) is 6.42 Å². The normalized spacial score (nSPS) is 12.1. The van der Waals surface area contributed by atoms with E-state index >= 15 is 0 Å². The van der Waals surface area contributed by atoms with E-state index in [1.54, 1.807) is 17.5 Å². The number of rotatable bonds is 5. The van der Waals surface area contributed by atoms with Crippen molar-refractivity contribution in [2.75, 3.05) is 11.9 Å². The molecule has 6 nitrogen and oxygen atoms in total. The molecule has 0 aliphatic rings. The zero-order valence-electron chi connectivity index (χ0n) is 10.7. The molecule has 2 rings (SSSR count). The van der Waals surface area contributed by atoms with Crippen molar-refractivity contribution in [3.05, 3.63) is 21.6 Å². The van der Waals surface area contributed by atoms with E-state index in [1.165, 1.54) is 11.3 Å². The van der Waals surface area contributed by atoms with Crippen LogP contribution in [0.25, 0.3) is 0 Å². The number of amides is 2. The Morgan fingerprint density at radius 1 is 1.47 bits per heavy atom. The third-order valence-electron chi connectivity index (χ3n) is 2.43. The zero-order chi connectivity index (χ0) is 13.7. The Balaban J connectivity index is 1.78. The first kappa shape index (κ1) is 13.9. The Morgan fingerprint density at radius 2 is 2.32 bits per heavy atom. The lowest BCUT2D eigenvalue weighted by atomic mass is 10.2. The zero-order valence-corrected chi connectivity index (χ0v) is 12.3. The Bertz CT molecular complexity index is 525. The molecular formula is C11H15N5OS2. The predicted molar refractivity (Wildman–Crippen MR) is 76.8 cm³/mol. The number of hydrogen-bond donors (Lipinski definition) is 2. The Kier molecular flexibility index (Phi) is 4.80. The third kappa shape index (κ3) is 3.97. The molecule has 2 aromatic rings. The van der Waals surface area contributed by atoms with Gasteiger partial charge in [0.1, 0.15) is 5.01 Å². The molecule has 0 radical (unpaired) electrons. The fourth-order valence-electron chi connectivity index (χ4n) is 1.40. The number of aromatic nitrogens is 3. The van der Waals surface area contributed by atoms with Crippen LogP contribution in [0.15, 0.2) is 11.6 Å². The third-order valence-corrected chi connectivity index (χ3v) is 4.42. The summed E-state index contributed by atoms with van der Waals surface area (Å²) in [5, 5.41) is 17.7. The molecular weight excluding hydrogens is 282 g/mol. The van der Waals surface area contributed by atoms with Crippen LogP contribution < -0.4 is 10.6 Å². The lowest BCUT2D eigenvalue weighted by molar-refractivity contribution is 0.251. The van der Waals surface area contributed by atoms with Crippen molar-refractivity contribution in [2.24, 2.45) is 0 Å². The van der Waals surface area contributed by atoms with Crippen molar-refractivity contribution in [2.45, 2.75) is 26.2 Å². The first-order chi connectivity index (χ1) is 9.19. The summed E-state index contributed by atoms with van der Waals surface area (Å²) in [6.45, 7) is 4.57. The summed E-state index contributed by atoms with van der Waals surface area (Å²) in [5.41, 5.74) is 0. The smallest absolute Gasteiger partial charge is 0.321 e. The second kappa shape index (κ2) is 6.58. The number of carbonyl (C=O) groups excluding carboxylic acids is 1. The molecule has 0 saturated carbocycles. The Labute approximate surface area is 119 Å². The molecule has 0 bridgehead atoms. The molecule has 2 heterocycles. The largest absolute Gasteiger partial charge is 0.337 e. The minimum atomic E-state index is -0.262. The lowest BCUT2D eigenvalue weighted by Gasteiger charge is -2.09. The average molecular weight is 297 g/mol. The van der Waals surface area contributed by atoms with Crippen LogP contribution in [0.1, 0.15) is 29.8 Å². The number of anilines is 1. The molecule has 2 aromatic heterocycles. The molecule has 0 saturated heterocycles. The highest BCUT2D eigenvalue weighted by Crippen LogP contribution is 2.17. The van der Waals surface area contributed by atoms with Crippen LogP contribution in [0.4, 0.5) is 9.93 Å². The van der Waals surface area contributed by atoms with E-state index in [9.17, 15) is 4.79 Å². The summed E-state index contributed by atoms with van der Waals surface area (Å²) in [5.74, 6) is 0.200. The van der Waals surface area contributed by atoms with Crippen LogP contribution in [0.3, 0.4) is 0 Å². The van der Waals surface area contributed by atoms with Gasteiger partial charge in [-0.15, -0.1) is 21.5 Å². The van der Waals surface area contributed by atoms with E-state index in [0.29, 0.717) is 11.7 Å². The van der Waals surface area contributed by atoms with Gasteiger partial charge in [-0.1, -0.05) is 25.2 Å². The Hall–Kier alpha value is -1.54. The molecule has 0 aromatic carbocycles. The maximum atomic E-state index is 11.7. The summed E-state index contributed by atoms with van der Waals surface area (Å²) in [4.78, 5) is 15.9. The minimum Gasteiger partial charge on any atom is -0.337 e. The second-order valence-electron chi connectivity index (χ2n) is 3.96. The molecule has 0 spiro atoms. The van der Waals surface area contributed by atoms with Crippen LogP contribution in [0.5, 0.6) is 0 Å². The molecule has 2 N–H and O–H groups in total. The molecule has 0 aliphatic carbocycles. The topological polar surface area (TPSA) is 79.8 Å². The van der Waals surface area contributed by atoms with Gasteiger partial charge in [0.25, 0.3) is 0 Å². The number of nitrogens with one attached hydrogen (secondary N) is 2. The number of thiazole rings is 1. The molecule has 102 valence electrons. The van der Waals surface area contributed by atoms with Crippen molar-refractivity contribution in [3.63, 3.8) is 0 Å². The van der Waals surface area contributed by atoms with Crippen LogP contribution in [0, 0.1) is 0 Å². The van der Waals surface area contributed by atoms with E-state index in [0.717, 1.165) is 16.4 Å². The van der Waals surface area contributed by atoms with Gasteiger partial charge in [-0.3, -0.25) is 5.32 Å². The van der Waals surface area contributed by atoms with Gasteiger partial charge in [0.2, 0.25) is 5.13 Å². The van der Waals surface area contributed by atoms with Gasteiger partial charge < -0.3 is 5.32 Å². The van der Waals surface area contributed by atoms with E-state index in [2.05, 4.69) is 25.8 Å². The number of carbonyl (C=O) groups is 1. The summed E-state index contributed by atoms with van der Waals surface area (Å²) in [6.07, 6.45) is 2.59. The molecule has 19 heavy (non-hydrogen) atoms. The van der Waals surface area contributed by atoms with Gasteiger partial charge in [-0.25, -0.2) is 9.78 Å². The monoisotopic (exact) mass is 297 g/mol. The molecule has 2 amide bonds. The van der Waals surface area contributed by atoms with Crippen molar-refractivity contribution >= 4 is 33.8 Å². The predicted octanol–water partition coefficient (Wildman–Crippen LogP) is 2.48. The van der Waals surface area contributed by atoms with Crippen LogP contribution in [0.2, 0.25) is 0 Å². The maximum Gasteiger partial charge on any atom is 0.321 e. The van der Waals surface area contributed by atoms with Crippen molar-refractivity contribution < 1.29 is 4.79 Å². The van der Waals surface area contributed by atoms with Crippen molar-refractivity contribution in [3.8, 4) is 0 Å². The first-order valence-corrected chi connectivity index (χ1v) is 7.65. The van der Waals surface area contributed by atoms with E-state index in [1.807, 2.05) is 19.2 Å². The minimum absolute atomic E-state index is 0.200. The summed E-state index contributed by atoms with van der Waals surface area (Å²) in [6, 6.07) is -0.262.